The van der Waals surface area contributed by atoms with Gasteiger partial charge in [-0.3, -0.25) is 9.52 Å². The standard InChI is InChI=1S/C16H26N2O4S/c1-18(12-7-6-11-16(19)17-23(2,20)21)13-8-14-22-15-9-4-3-5-10-15/h3-5,9-10H,6-8,11-14H2,1-2H3,(H,17,19). The Morgan fingerprint density at radius 3 is 2.43 bits per heavy atom. The van der Waals surface area contributed by atoms with Gasteiger partial charge in [0.1, 0.15) is 5.75 Å². The second-order valence-corrected chi connectivity index (χ2v) is 7.32. The fourth-order valence-electron chi connectivity index (χ4n) is 2.08. The van der Waals surface area contributed by atoms with Crippen molar-refractivity contribution in [3.63, 3.8) is 0 Å². The van der Waals surface area contributed by atoms with Crippen molar-refractivity contribution in [2.45, 2.75) is 25.7 Å². The number of rotatable bonds is 11. The lowest BCUT2D eigenvalue weighted by atomic mass is 10.2. The lowest BCUT2D eigenvalue weighted by Gasteiger charge is -2.16. The van der Waals surface area contributed by atoms with E-state index in [9.17, 15) is 13.2 Å². The van der Waals surface area contributed by atoms with E-state index < -0.39 is 15.9 Å². The van der Waals surface area contributed by atoms with Crippen LogP contribution in [-0.4, -0.2) is 52.2 Å². The number of nitrogens with zero attached hydrogens (tertiary/aromatic N) is 1. The summed E-state index contributed by atoms with van der Waals surface area (Å²) in [5.74, 6) is 0.443. The molecule has 0 aromatic heterocycles. The normalized spacial score (nSPS) is 11.4. The van der Waals surface area contributed by atoms with Crippen molar-refractivity contribution in [3.8, 4) is 5.75 Å². The van der Waals surface area contributed by atoms with Crippen molar-refractivity contribution in [1.82, 2.24) is 9.62 Å². The molecule has 1 rings (SSSR count). The molecule has 0 saturated carbocycles. The van der Waals surface area contributed by atoms with Crippen molar-refractivity contribution in [2.75, 3.05) is 33.0 Å². The smallest absolute Gasteiger partial charge is 0.233 e. The number of benzene rings is 1. The van der Waals surface area contributed by atoms with E-state index in [2.05, 4.69) is 4.90 Å². The van der Waals surface area contributed by atoms with Crippen LogP contribution in [-0.2, 0) is 14.8 Å². The summed E-state index contributed by atoms with van der Waals surface area (Å²) >= 11 is 0. The molecule has 0 spiro atoms. The highest BCUT2D eigenvalue weighted by molar-refractivity contribution is 7.89. The minimum Gasteiger partial charge on any atom is -0.494 e. The molecule has 0 aliphatic carbocycles. The molecule has 6 nitrogen and oxygen atoms in total. The molecule has 130 valence electrons. The first-order valence-corrected chi connectivity index (χ1v) is 9.63. The Kier molecular flexibility index (Phi) is 8.65. The van der Waals surface area contributed by atoms with Crippen LogP contribution >= 0.6 is 0 Å². The third kappa shape index (κ3) is 10.7. The summed E-state index contributed by atoms with van der Waals surface area (Å²) in [5, 5.41) is 0. The van der Waals surface area contributed by atoms with Crippen LogP contribution in [0.4, 0.5) is 0 Å². The van der Waals surface area contributed by atoms with E-state index >= 15 is 0 Å². The number of hydrogen-bond donors (Lipinski definition) is 1. The summed E-state index contributed by atoms with van der Waals surface area (Å²) < 4.78 is 29.4. The molecule has 23 heavy (non-hydrogen) atoms. The molecule has 0 aliphatic rings. The van der Waals surface area contributed by atoms with Gasteiger partial charge >= 0.3 is 0 Å². The third-order valence-corrected chi connectivity index (χ3v) is 3.79. The molecular weight excluding hydrogens is 316 g/mol. The third-order valence-electron chi connectivity index (χ3n) is 3.19. The number of hydrogen-bond acceptors (Lipinski definition) is 5. The highest BCUT2D eigenvalue weighted by Gasteiger charge is 2.07. The Morgan fingerprint density at radius 2 is 1.78 bits per heavy atom. The largest absolute Gasteiger partial charge is 0.494 e. The van der Waals surface area contributed by atoms with Crippen molar-refractivity contribution < 1.29 is 17.9 Å². The topological polar surface area (TPSA) is 75.7 Å². The minimum atomic E-state index is -3.44. The van der Waals surface area contributed by atoms with Gasteiger partial charge in [-0.1, -0.05) is 18.2 Å². The zero-order valence-electron chi connectivity index (χ0n) is 13.8. The SMILES string of the molecule is CN(CCCCC(=O)NS(C)(=O)=O)CCCOc1ccccc1. The van der Waals surface area contributed by atoms with Crippen molar-refractivity contribution in [1.29, 1.82) is 0 Å². The quantitative estimate of drug-likeness (QED) is 0.619. The van der Waals surface area contributed by atoms with Crippen LogP contribution in [0.1, 0.15) is 25.7 Å². The minimum absolute atomic E-state index is 0.234. The molecule has 0 fully saturated rings. The van der Waals surface area contributed by atoms with Gasteiger partial charge in [0.05, 0.1) is 12.9 Å². The zero-order valence-corrected chi connectivity index (χ0v) is 14.6. The molecule has 0 aliphatic heterocycles. The van der Waals surface area contributed by atoms with Gasteiger partial charge in [-0.15, -0.1) is 0 Å². The van der Waals surface area contributed by atoms with Crippen LogP contribution in [0.15, 0.2) is 30.3 Å². The number of ether oxygens (including phenoxy) is 1. The number of sulfonamides is 1. The van der Waals surface area contributed by atoms with E-state index in [1.807, 2.05) is 42.1 Å². The van der Waals surface area contributed by atoms with Gasteiger partial charge in [-0.25, -0.2) is 8.42 Å². The second-order valence-electron chi connectivity index (χ2n) is 5.57. The summed E-state index contributed by atoms with van der Waals surface area (Å²) in [7, 11) is -1.41. The molecule has 0 atom stereocenters. The summed E-state index contributed by atoms with van der Waals surface area (Å²) in [6.07, 6.45) is 3.67. The molecule has 0 bridgehead atoms. The molecule has 0 unspecified atom stereocenters. The predicted molar refractivity (Wildman–Crippen MR) is 90.9 cm³/mol. The van der Waals surface area contributed by atoms with E-state index in [1.165, 1.54) is 0 Å². The van der Waals surface area contributed by atoms with Crippen LogP contribution in [0, 0.1) is 0 Å². The van der Waals surface area contributed by atoms with Crippen LogP contribution in [0.3, 0.4) is 0 Å². The number of amides is 1. The maximum Gasteiger partial charge on any atom is 0.233 e. The number of carbonyl (C=O) groups excluding carboxylic acids is 1. The maximum atomic E-state index is 11.3. The molecule has 1 aromatic rings. The van der Waals surface area contributed by atoms with Crippen LogP contribution in [0.2, 0.25) is 0 Å². The fraction of sp³-hybridized carbons (Fsp3) is 0.562. The first kappa shape index (κ1) is 19.4. The summed E-state index contributed by atoms with van der Waals surface area (Å²) in [6, 6.07) is 9.72. The molecule has 1 amide bonds. The number of nitrogens with one attached hydrogen (secondary N) is 1. The molecule has 0 heterocycles. The Hall–Kier alpha value is -1.60. The van der Waals surface area contributed by atoms with Gasteiger partial charge < -0.3 is 9.64 Å². The number of para-hydroxylation sites is 1. The summed E-state index contributed by atoms with van der Waals surface area (Å²) in [5.41, 5.74) is 0. The van der Waals surface area contributed by atoms with Gasteiger partial charge in [-0.2, -0.15) is 0 Å². The predicted octanol–water partition coefficient (Wildman–Crippen LogP) is 1.63. The zero-order chi connectivity index (χ0) is 17.1. The first-order valence-electron chi connectivity index (χ1n) is 7.74. The van der Waals surface area contributed by atoms with E-state index in [1.54, 1.807) is 0 Å². The molecule has 1 N–H and O–H groups in total. The van der Waals surface area contributed by atoms with Crippen LogP contribution in [0.5, 0.6) is 5.75 Å². The van der Waals surface area contributed by atoms with Crippen molar-refractivity contribution in [3.05, 3.63) is 30.3 Å². The Morgan fingerprint density at radius 1 is 1.13 bits per heavy atom. The van der Waals surface area contributed by atoms with E-state index in [0.29, 0.717) is 13.0 Å². The van der Waals surface area contributed by atoms with Crippen LogP contribution in [0.25, 0.3) is 0 Å². The van der Waals surface area contributed by atoms with Gasteiger partial charge in [0.25, 0.3) is 0 Å². The van der Waals surface area contributed by atoms with E-state index in [4.69, 9.17) is 4.74 Å². The second kappa shape index (κ2) is 10.2. The fourth-order valence-corrected chi connectivity index (χ4v) is 2.59. The molecule has 0 saturated heterocycles. The number of carbonyl (C=O) groups is 1. The van der Waals surface area contributed by atoms with Crippen molar-refractivity contribution >= 4 is 15.9 Å². The highest BCUT2D eigenvalue weighted by atomic mass is 32.2. The Bertz CT molecular complexity index is 561. The Balaban J connectivity index is 2.02. The molecule has 7 heteroatoms. The van der Waals surface area contributed by atoms with Gasteiger partial charge in [0, 0.05) is 13.0 Å². The maximum absolute atomic E-state index is 11.3. The average Bonchev–Trinajstić information content (AvgIpc) is 2.47. The first-order chi connectivity index (χ1) is 10.9. The highest BCUT2D eigenvalue weighted by Crippen LogP contribution is 2.08. The summed E-state index contributed by atoms with van der Waals surface area (Å²) in [4.78, 5) is 13.5. The Labute approximate surface area is 138 Å². The van der Waals surface area contributed by atoms with Gasteiger partial charge in [-0.05, 0) is 45.0 Å². The molecular formula is C16H26N2O4S. The monoisotopic (exact) mass is 342 g/mol. The number of unbranched alkanes of at least 4 members (excludes halogenated alkanes) is 1. The van der Waals surface area contributed by atoms with Crippen molar-refractivity contribution in [2.24, 2.45) is 0 Å². The lowest BCUT2D eigenvalue weighted by Crippen LogP contribution is -2.29. The molecule has 1 aromatic carbocycles. The van der Waals surface area contributed by atoms with E-state index in [-0.39, 0.29) is 6.42 Å². The average molecular weight is 342 g/mol. The van der Waals surface area contributed by atoms with E-state index in [0.717, 1.165) is 37.9 Å². The van der Waals surface area contributed by atoms with Gasteiger partial charge in [0.2, 0.25) is 15.9 Å². The summed E-state index contributed by atoms with van der Waals surface area (Å²) in [6.45, 7) is 2.46. The lowest BCUT2D eigenvalue weighted by molar-refractivity contribution is -0.119. The van der Waals surface area contributed by atoms with Gasteiger partial charge in [0.15, 0.2) is 0 Å². The van der Waals surface area contributed by atoms with Crippen LogP contribution < -0.4 is 9.46 Å². The molecule has 0 radical (unpaired) electrons.